The predicted molar refractivity (Wildman–Crippen MR) is 108 cm³/mol. The maximum Gasteiger partial charge on any atom is 0.227 e. The molecule has 27 heavy (non-hydrogen) atoms. The number of benzene rings is 1. The Morgan fingerprint density at radius 2 is 2.07 bits per heavy atom. The van der Waals surface area contributed by atoms with Crippen molar-refractivity contribution in [3.05, 3.63) is 88.0 Å². The number of H-pyrrole nitrogens is 1. The number of carbonyl (C=O) groups is 1. The smallest absolute Gasteiger partial charge is 0.227 e. The number of nitrogens with zero attached hydrogens (tertiary/aromatic N) is 2. The van der Waals surface area contributed by atoms with Crippen LogP contribution in [0, 0.1) is 0 Å². The lowest BCUT2D eigenvalue weighted by Gasteiger charge is -2.35. The van der Waals surface area contributed by atoms with Gasteiger partial charge in [0.05, 0.1) is 12.1 Å². The Hall–Kier alpha value is -2.92. The maximum absolute atomic E-state index is 13.2. The Morgan fingerprint density at radius 1 is 1.19 bits per heavy atom. The second-order valence-corrected chi connectivity index (χ2v) is 7.65. The molecule has 0 aliphatic carbocycles. The quantitative estimate of drug-likeness (QED) is 0.581. The summed E-state index contributed by atoms with van der Waals surface area (Å²) >= 11 is 1.63. The van der Waals surface area contributed by atoms with E-state index in [4.69, 9.17) is 0 Å². The van der Waals surface area contributed by atoms with Gasteiger partial charge < -0.3 is 9.88 Å². The first kappa shape index (κ1) is 16.3. The summed E-state index contributed by atoms with van der Waals surface area (Å²) in [5.74, 6) is 0.147. The van der Waals surface area contributed by atoms with Gasteiger partial charge in [-0.25, -0.2) is 0 Å². The summed E-state index contributed by atoms with van der Waals surface area (Å²) < 4.78 is 0. The Bertz CT molecular complexity index is 1090. The molecule has 1 unspecified atom stereocenters. The SMILES string of the molecule is O=C(Cc1ccsc1)N1CCc2c([nH]c3ccccc23)C1c1ccccn1. The van der Waals surface area contributed by atoms with Gasteiger partial charge in [-0.3, -0.25) is 9.78 Å². The van der Waals surface area contributed by atoms with Gasteiger partial charge in [0.2, 0.25) is 5.91 Å². The first-order valence-electron chi connectivity index (χ1n) is 9.12. The van der Waals surface area contributed by atoms with E-state index in [-0.39, 0.29) is 11.9 Å². The van der Waals surface area contributed by atoms with Crippen molar-refractivity contribution in [3.8, 4) is 0 Å². The van der Waals surface area contributed by atoms with Gasteiger partial charge in [0.15, 0.2) is 0 Å². The van der Waals surface area contributed by atoms with Gasteiger partial charge in [-0.2, -0.15) is 11.3 Å². The molecular formula is C22H19N3OS. The van der Waals surface area contributed by atoms with Crippen molar-refractivity contribution >= 4 is 28.1 Å². The fourth-order valence-electron chi connectivity index (χ4n) is 4.02. The molecule has 3 aromatic heterocycles. The van der Waals surface area contributed by atoms with Crippen LogP contribution in [0.4, 0.5) is 0 Å². The highest BCUT2D eigenvalue weighted by atomic mass is 32.1. The Balaban J connectivity index is 1.60. The van der Waals surface area contributed by atoms with Crippen LogP contribution in [0.15, 0.2) is 65.5 Å². The molecule has 0 bridgehead atoms. The van der Waals surface area contributed by atoms with Gasteiger partial charge in [-0.1, -0.05) is 24.3 Å². The third-order valence-corrected chi connectivity index (χ3v) is 5.99. The van der Waals surface area contributed by atoms with Gasteiger partial charge in [0, 0.05) is 29.3 Å². The molecule has 0 spiro atoms. The van der Waals surface area contributed by atoms with Gasteiger partial charge >= 0.3 is 0 Å². The molecule has 1 aliphatic rings. The summed E-state index contributed by atoms with van der Waals surface area (Å²) in [6, 6.07) is 16.1. The molecule has 0 saturated carbocycles. The number of thiophene rings is 1. The van der Waals surface area contributed by atoms with Crippen LogP contribution in [0.25, 0.3) is 10.9 Å². The molecule has 4 heterocycles. The summed E-state index contributed by atoms with van der Waals surface area (Å²) in [5.41, 5.74) is 5.51. The van der Waals surface area contributed by atoms with Crippen LogP contribution in [-0.4, -0.2) is 27.3 Å². The van der Waals surface area contributed by atoms with Crippen LogP contribution < -0.4 is 0 Å². The van der Waals surface area contributed by atoms with Crippen molar-refractivity contribution in [2.45, 2.75) is 18.9 Å². The first-order valence-corrected chi connectivity index (χ1v) is 10.1. The minimum absolute atomic E-state index is 0.147. The van der Waals surface area contributed by atoms with E-state index in [2.05, 4.69) is 28.2 Å². The number of rotatable bonds is 3. The Labute approximate surface area is 161 Å². The zero-order valence-corrected chi connectivity index (χ0v) is 15.6. The molecule has 1 N–H and O–H groups in total. The predicted octanol–water partition coefficient (Wildman–Crippen LogP) is 4.34. The van der Waals surface area contributed by atoms with Crippen molar-refractivity contribution in [2.24, 2.45) is 0 Å². The van der Waals surface area contributed by atoms with E-state index < -0.39 is 0 Å². The van der Waals surface area contributed by atoms with E-state index in [1.807, 2.05) is 46.0 Å². The average Bonchev–Trinajstić information content (AvgIpc) is 3.35. The number of fused-ring (bicyclic) bond motifs is 3. The summed E-state index contributed by atoms with van der Waals surface area (Å²) in [6.07, 6.45) is 3.09. The molecule has 1 aromatic carbocycles. The molecule has 1 aliphatic heterocycles. The van der Waals surface area contributed by atoms with E-state index in [9.17, 15) is 4.79 Å². The second kappa shape index (κ2) is 6.67. The largest absolute Gasteiger partial charge is 0.356 e. The van der Waals surface area contributed by atoms with E-state index >= 15 is 0 Å². The van der Waals surface area contributed by atoms with Crippen LogP contribution in [-0.2, 0) is 17.6 Å². The molecule has 0 fully saturated rings. The van der Waals surface area contributed by atoms with Gasteiger partial charge in [-0.15, -0.1) is 0 Å². The van der Waals surface area contributed by atoms with Crippen LogP contribution in [0.1, 0.15) is 28.6 Å². The number of nitrogens with one attached hydrogen (secondary N) is 1. The fraction of sp³-hybridized carbons (Fsp3) is 0.182. The third-order valence-electron chi connectivity index (χ3n) is 5.26. The lowest BCUT2D eigenvalue weighted by atomic mass is 9.94. The molecule has 134 valence electrons. The van der Waals surface area contributed by atoms with Crippen LogP contribution in [0.2, 0.25) is 0 Å². The molecule has 1 amide bonds. The van der Waals surface area contributed by atoms with Crippen molar-refractivity contribution in [3.63, 3.8) is 0 Å². The number of pyridine rings is 1. The second-order valence-electron chi connectivity index (χ2n) is 6.87. The van der Waals surface area contributed by atoms with Crippen molar-refractivity contribution in [1.29, 1.82) is 0 Å². The Morgan fingerprint density at radius 3 is 2.89 bits per heavy atom. The highest BCUT2D eigenvalue weighted by molar-refractivity contribution is 7.08. The van der Waals surface area contributed by atoms with E-state index in [1.54, 1.807) is 17.5 Å². The van der Waals surface area contributed by atoms with E-state index in [0.717, 1.165) is 28.9 Å². The first-order chi connectivity index (χ1) is 13.3. The van der Waals surface area contributed by atoms with E-state index in [0.29, 0.717) is 13.0 Å². The number of aromatic nitrogens is 2. The minimum atomic E-state index is -0.173. The third kappa shape index (κ3) is 2.84. The number of aromatic amines is 1. The van der Waals surface area contributed by atoms with Crippen molar-refractivity contribution in [1.82, 2.24) is 14.9 Å². The summed E-state index contributed by atoms with van der Waals surface area (Å²) in [7, 11) is 0. The molecule has 5 heteroatoms. The fourth-order valence-corrected chi connectivity index (χ4v) is 4.69. The number of hydrogen-bond donors (Lipinski definition) is 1. The van der Waals surface area contributed by atoms with E-state index in [1.165, 1.54) is 10.9 Å². The molecular weight excluding hydrogens is 354 g/mol. The topological polar surface area (TPSA) is 49.0 Å². The van der Waals surface area contributed by atoms with Crippen molar-refractivity contribution < 1.29 is 4.79 Å². The zero-order chi connectivity index (χ0) is 18.2. The molecule has 4 nitrogen and oxygen atoms in total. The standard InChI is InChI=1S/C22H19N3OS/c26-20(13-15-9-12-27-14-15)25-11-8-17-16-5-1-2-6-18(16)24-21(17)22(25)19-7-3-4-10-23-19/h1-7,9-10,12,14,22,24H,8,11,13H2. The Kier molecular flexibility index (Phi) is 4.02. The monoisotopic (exact) mass is 373 g/mol. The molecule has 1 atom stereocenters. The summed E-state index contributed by atoms with van der Waals surface area (Å²) in [6.45, 7) is 0.707. The zero-order valence-electron chi connectivity index (χ0n) is 14.8. The highest BCUT2D eigenvalue weighted by Gasteiger charge is 2.35. The van der Waals surface area contributed by atoms with Crippen LogP contribution >= 0.6 is 11.3 Å². The van der Waals surface area contributed by atoms with Gasteiger partial charge in [0.1, 0.15) is 6.04 Å². The molecule has 5 rings (SSSR count). The minimum Gasteiger partial charge on any atom is -0.356 e. The maximum atomic E-state index is 13.2. The normalized spacial score (nSPS) is 16.4. The van der Waals surface area contributed by atoms with Gasteiger partial charge in [0.25, 0.3) is 0 Å². The lowest BCUT2D eigenvalue weighted by molar-refractivity contribution is -0.132. The van der Waals surface area contributed by atoms with Crippen LogP contribution in [0.3, 0.4) is 0 Å². The summed E-state index contributed by atoms with van der Waals surface area (Å²) in [4.78, 5) is 23.3. The number of carbonyl (C=O) groups excluding carboxylic acids is 1. The number of amides is 1. The number of para-hydroxylation sites is 1. The van der Waals surface area contributed by atoms with Crippen molar-refractivity contribution in [2.75, 3.05) is 6.54 Å². The molecule has 0 radical (unpaired) electrons. The number of hydrogen-bond acceptors (Lipinski definition) is 3. The average molecular weight is 373 g/mol. The van der Waals surface area contributed by atoms with Gasteiger partial charge in [-0.05, 0) is 52.6 Å². The van der Waals surface area contributed by atoms with Crippen LogP contribution in [0.5, 0.6) is 0 Å². The molecule has 0 saturated heterocycles. The molecule has 4 aromatic rings. The lowest BCUT2D eigenvalue weighted by Crippen LogP contribution is -2.41. The highest BCUT2D eigenvalue weighted by Crippen LogP contribution is 2.37. The summed E-state index contributed by atoms with van der Waals surface area (Å²) in [5, 5.41) is 5.31.